The van der Waals surface area contributed by atoms with Gasteiger partial charge in [0.05, 0.1) is 19.1 Å². The third kappa shape index (κ3) is 9.71. The molecule has 5 heteroatoms. The van der Waals surface area contributed by atoms with E-state index >= 15 is 0 Å². The lowest BCUT2D eigenvalue weighted by Crippen LogP contribution is -2.13. The van der Waals surface area contributed by atoms with E-state index in [4.69, 9.17) is 5.11 Å². The van der Waals surface area contributed by atoms with E-state index in [0.717, 1.165) is 0 Å². The van der Waals surface area contributed by atoms with Crippen molar-refractivity contribution in [1.29, 1.82) is 0 Å². The van der Waals surface area contributed by atoms with Gasteiger partial charge in [0.2, 0.25) is 0 Å². The summed E-state index contributed by atoms with van der Waals surface area (Å²) in [5.41, 5.74) is 0. The Balaban J connectivity index is 3.12. The molecule has 0 saturated carbocycles. The van der Waals surface area contributed by atoms with Crippen molar-refractivity contribution in [2.24, 2.45) is 0 Å². The monoisotopic (exact) mass is 186 g/mol. The van der Waals surface area contributed by atoms with Crippen LogP contribution in [0.5, 0.6) is 0 Å². The van der Waals surface area contributed by atoms with Crippen LogP contribution in [0, 0.1) is 0 Å². The first kappa shape index (κ1) is 11.7. The molecule has 0 spiro atoms. The van der Waals surface area contributed by atoms with Crippen molar-refractivity contribution in [3.63, 3.8) is 0 Å². The van der Waals surface area contributed by atoms with Gasteiger partial charge in [-0.2, -0.15) is 13.2 Å². The Labute approximate surface area is 69.3 Å². The maximum atomic E-state index is 11.5. The van der Waals surface area contributed by atoms with Gasteiger partial charge in [-0.3, -0.25) is 0 Å². The smallest absolute Gasteiger partial charge is 0.391 e. The second-order valence-electron chi connectivity index (χ2n) is 2.62. The summed E-state index contributed by atoms with van der Waals surface area (Å²) in [7, 11) is 0. The summed E-state index contributed by atoms with van der Waals surface area (Å²) >= 11 is 0. The molecule has 74 valence electrons. The fourth-order valence-corrected chi connectivity index (χ4v) is 0.544. The number of aliphatic hydroxyl groups excluding tert-OH is 1. The van der Waals surface area contributed by atoms with Crippen molar-refractivity contribution in [1.82, 2.24) is 0 Å². The van der Waals surface area contributed by atoms with Crippen molar-refractivity contribution in [3.05, 3.63) is 0 Å². The van der Waals surface area contributed by atoms with Gasteiger partial charge in [-0.15, -0.1) is 0 Å². The molecule has 0 fully saturated rings. The van der Waals surface area contributed by atoms with Crippen LogP contribution >= 0.6 is 0 Å². The first-order valence-electron chi connectivity index (χ1n) is 3.74. The van der Waals surface area contributed by atoms with Crippen molar-refractivity contribution in [2.45, 2.75) is 32.0 Å². The van der Waals surface area contributed by atoms with Gasteiger partial charge in [0.1, 0.15) is 0 Å². The number of rotatable bonds is 5. The van der Waals surface area contributed by atoms with Crippen LogP contribution in [0.25, 0.3) is 0 Å². The summed E-state index contributed by atoms with van der Waals surface area (Å²) in [6.45, 7) is 1.41. The molecule has 2 nitrogen and oxygen atoms in total. The first-order valence-corrected chi connectivity index (χ1v) is 3.74. The predicted octanol–water partition coefficient (Wildman–Crippen LogP) is 1.73. The summed E-state index contributed by atoms with van der Waals surface area (Å²) < 4.78 is 39.2. The number of hydrogen-bond acceptors (Lipinski definition) is 2. The van der Waals surface area contributed by atoms with E-state index in [0.29, 0.717) is 6.42 Å². The number of halogens is 3. The topological polar surface area (TPSA) is 29.5 Å². The van der Waals surface area contributed by atoms with Gasteiger partial charge in [0.15, 0.2) is 0 Å². The fourth-order valence-electron chi connectivity index (χ4n) is 0.544. The first-order chi connectivity index (χ1) is 5.42. The Kier molecular flexibility index (Phi) is 5.24. The van der Waals surface area contributed by atoms with Crippen LogP contribution in [0.4, 0.5) is 13.2 Å². The molecule has 0 aromatic rings. The molecule has 0 aliphatic rings. The second kappa shape index (κ2) is 5.37. The van der Waals surface area contributed by atoms with E-state index in [1.165, 1.54) is 0 Å². The SMILES string of the molecule is CC(O)CCOCCC(F)(F)F. The van der Waals surface area contributed by atoms with Gasteiger partial charge >= 0.3 is 6.18 Å². The molecule has 0 aromatic heterocycles. The van der Waals surface area contributed by atoms with E-state index in [1.54, 1.807) is 6.92 Å². The Hall–Kier alpha value is -0.290. The molecule has 1 N–H and O–H groups in total. The summed E-state index contributed by atoms with van der Waals surface area (Å²) in [5.74, 6) is 0. The van der Waals surface area contributed by atoms with Crippen molar-refractivity contribution >= 4 is 0 Å². The lowest BCUT2D eigenvalue weighted by atomic mass is 10.3. The molecule has 0 aliphatic carbocycles. The van der Waals surface area contributed by atoms with E-state index in [2.05, 4.69) is 4.74 Å². The summed E-state index contributed by atoms with van der Waals surface area (Å²) in [6, 6.07) is 0. The quantitative estimate of drug-likeness (QED) is 0.662. The molecule has 0 saturated heterocycles. The zero-order chi connectivity index (χ0) is 9.61. The minimum Gasteiger partial charge on any atom is -0.393 e. The van der Waals surface area contributed by atoms with Crippen LogP contribution in [0.2, 0.25) is 0 Å². The Morgan fingerprint density at radius 3 is 2.33 bits per heavy atom. The Morgan fingerprint density at radius 2 is 1.92 bits per heavy atom. The zero-order valence-electron chi connectivity index (χ0n) is 6.90. The fraction of sp³-hybridized carbons (Fsp3) is 1.00. The van der Waals surface area contributed by atoms with Crippen LogP contribution < -0.4 is 0 Å². The van der Waals surface area contributed by atoms with Crippen LogP contribution in [0.3, 0.4) is 0 Å². The van der Waals surface area contributed by atoms with E-state index in [-0.39, 0.29) is 13.2 Å². The number of ether oxygens (including phenoxy) is 1. The van der Waals surface area contributed by atoms with E-state index < -0.39 is 18.7 Å². The summed E-state index contributed by atoms with van der Waals surface area (Å²) in [5, 5.41) is 8.71. The number of alkyl halides is 3. The summed E-state index contributed by atoms with van der Waals surface area (Å²) in [6.07, 6.45) is -5.22. The maximum Gasteiger partial charge on any atom is 0.391 e. The predicted molar refractivity (Wildman–Crippen MR) is 37.8 cm³/mol. The molecule has 0 aliphatic heterocycles. The molecule has 12 heavy (non-hydrogen) atoms. The second-order valence-corrected chi connectivity index (χ2v) is 2.62. The number of aliphatic hydroxyl groups is 1. The highest BCUT2D eigenvalue weighted by atomic mass is 19.4. The van der Waals surface area contributed by atoms with Crippen LogP contribution in [0.1, 0.15) is 19.8 Å². The molecular formula is C7H13F3O2. The average molecular weight is 186 g/mol. The van der Waals surface area contributed by atoms with E-state index in [9.17, 15) is 13.2 Å². The van der Waals surface area contributed by atoms with Crippen LogP contribution in [-0.4, -0.2) is 30.6 Å². The molecule has 0 rings (SSSR count). The Bertz CT molecular complexity index is 112. The molecule has 1 unspecified atom stereocenters. The van der Waals surface area contributed by atoms with E-state index in [1.807, 2.05) is 0 Å². The van der Waals surface area contributed by atoms with Crippen molar-refractivity contribution < 1.29 is 23.0 Å². The summed E-state index contributed by atoms with van der Waals surface area (Å²) in [4.78, 5) is 0. The van der Waals surface area contributed by atoms with Gasteiger partial charge in [-0.1, -0.05) is 0 Å². The highest BCUT2D eigenvalue weighted by molar-refractivity contribution is 4.49. The molecule has 1 atom stereocenters. The highest BCUT2D eigenvalue weighted by Crippen LogP contribution is 2.18. The molecule has 0 heterocycles. The minimum absolute atomic E-state index is 0.174. The molecular weight excluding hydrogens is 173 g/mol. The van der Waals surface area contributed by atoms with Gasteiger partial charge in [-0.25, -0.2) is 0 Å². The van der Waals surface area contributed by atoms with Crippen LogP contribution in [-0.2, 0) is 4.74 Å². The third-order valence-electron chi connectivity index (χ3n) is 1.21. The largest absolute Gasteiger partial charge is 0.393 e. The van der Waals surface area contributed by atoms with Crippen LogP contribution in [0.15, 0.2) is 0 Å². The lowest BCUT2D eigenvalue weighted by molar-refractivity contribution is -0.145. The van der Waals surface area contributed by atoms with Gasteiger partial charge < -0.3 is 9.84 Å². The highest BCUT2D eigenvalue weighted by Gasteiger charge is 2.26. The normalized spacial score (nSPS) is 14.8. The molecule has 0 radical (unpaired) electrons. The maximum absolute atomic E-state index is 11.5. The van der Waals surface area contributed by atoms with Crippen molar-refractivity contribution in [3.8, 4) is 0 Å². The molecule has 0 aromatic carbocycles. The van der Waals surface area contributed by atoms with Crippen molar-refractivity contribution in [2.75, 3.05) is 13.2 Å². The molecule has 0 amide bonds. The zero-order valence-corrected chi connectivity index (χ0v) is 6.90. The third-order valence-corrected chi connectivity index (χ3v) is 1.21. The Morgan fingerprint density at radius 1 is 1.33 bits per heavy atom. The van der Waals surface area contributed by atoms with Gasteiger partial charge in [0.25, 0.3) is 0 Å². The average Bonchev–Trinajstić information content (AvgIpc) is 1.83. The molecule has 0 bridgehead atoms. The minimum atomic E-state index is -4.15. The van der Waals surface area contributed by atoms with Gasteiger partial charge in [-0.05, 0) is 13.3 Å². The standard InChI is InChI=1S/C7H13F3O2/c1-6(11)2-4-12-5-3-7(8,9)10/h6,11H,2-5H2,1H3. The lowest BCUT2D eigenvalue weighted by Gasteiger charge is -2.07. The number of hydrogen-bond donors (Lipinski definition) is 1. The van der Waals surface area contributed by atoms with Gasteiger partial charge in [0, 0.05) is 6.61 Å².